The lowest BCUT2D eigenvalue weighted by Crippen LogP contribution is -2.48. The van der Waals surface area contributed by atoms with Crippen molar-refractivity contribution in [2.45, 2.75) is 45.2 Å². The number of carbonyl (C=O) groups is 1. The monoisotopic (exact) mass is 358 g/mol. The summed E-state index contributed by atoms with van der Waals surface area (Å²) in [6.07, 6.45) is 4.81. The molecular formula is C21H30N2O3. The van der Waals surface area contributed by atoms with Crippen LogP contribution in [-0.4, -0.2) is 55.1 Å². The zero-order valence-electron chi connectivity index (χ0n) is 15.9. The molecule has 5 nitrogen and oxygen atoms in total. The molecule has 1 saturated carbocycles. The van der Waals surface area contributed by atoms with Crippen LogP contribution in [0.15, 0.2) is 18.2 Å². The van der Waals surface area contributed by atoms with Gasteiger partial charge in [0.05, 0.1) is 19.6 Å². The summed E-state index contributed by atoms with van der Waals surface area (Å²) < 4.78 is 11.1. The Balaban J connectivity index is 1.47. The van der Waals surface area contributed by atoms with E-state index in [1.807, 2.05) is 13.0 Å². The Hall–Kier alpha value is -1.75. The molecule has 0 spiro atoms. The van der Waals surface area contributed by atoms with Gasteiger partial charge >= 0.3 is 0 Å². The van der Waals surface area contributed by atoms with Crippen LogP contribution in [0.4, 0.5) is 0 Å². The average Bonchev–Trinajstić information content (AvgIpc) is 3.46. The SMILES string of the molecule is CCOc1cc(CN2C[C@H]3CC[C@@H](C2)N(CC2CC2)C3=O)ccc1OC. The van der Waals surface area contributed by atoms with E-state index < -0.39 is 0 Å². The Morgan fingerprint density at radius 3 is 2.69 bits per heavy atom. The Morgan fingerprint density at radius 1 is 1.12 bits per heavy atom. The van der Waals surface area contributed by atoms with Crippen molar-refractivity contribution in [2.75, 3.05) is 33.4 Å². The molecule has 0 radical (unpaired) electrons. The van der Waals surface area contributed by atoms with Gasteiger partial charge in [0.25, 0.3) is 0 Å². The van der Waals surface area contributed by atoms with Gasteiger partial charge in [-0.1, -0.05) is 6.07 Å². The fourth-order valence-electron chi connectivity index (χ4n) is 4.42. The van der Waals surface area contributed by atoms with E-state index in [4.69, 9.17) is 9.47 Å². The maximum atomic E-state index is 12.9. The van der Waals surface area contributed by atoms with Crippen LogP contribution in [0.2, 0.25) is 0 Å². The van der Waals surface area contributed by atoms with Crippen molar-refractivity contribution in [1.29, 1.82) is 0 Å². The summed E-state index contributed by atoms with van der Waals surface area (Å²) in [7, 11) is 1.67. The molecule has 0 N–H and O–H groups in total. The van der Waals surface area contributed by atoms with Crippen molar-refractivity contribution in [3.05, 3.63) is 23.8 Å². The molecule has 3 heterocycles. The molecule has 1 aromatic rings. The van der Waals surface area contributed by atoms with Crippen LogP contribution in [0, 0.1) is 11.8 Å². The first-order chi connectivity index (χ1) is 12.7. The lowest BCUT2D eigenvalue weighted by Gasteiger charge is -2.36. The maximum Gasteiger partial charge on any atom is 0.227 e. The largest absolute Gasteiger partial charge is 0.493 e. The summed E-state index contributed by atoms with van der Waals surface area (Å²) in [5.41, 5.74) is 1.22. The second-order valence-electron chi connectivity index (χ2n) is 7.97. The first kappa shape index (κ1) is 17.7. The van der Waals surface area contributed by atoms with Gasteiger partial charge < -0.3 is 14.4 Å². The van der Waals surface area contributed by atoms with E-state index in [2.05, 4.69) is 21.9 Å². The molecule has 5 rings (SSSR count). The van der Waals surface area contributed by atoms with Crippen LogP contribution >= 0.6 is 0 Å². The number of methoxy groups -OCH3 is 1. The molecule has 1 aromatic carbocycles. The zero-order chi connectivity index (χ0) is 18.1. The maximum absolute atomic E-state index is 12.9. The van der Waals surface area contributed by atoms with E-state index >= 15 is 0 Å². The minimum atomic E-state index is 0.178. The quantitative estimate of drug-likeness (QED) is 0.752. The highest BCUT2D eigenvalue weighted by atomic mass is 16.5. The van der Waals surface area contributed by atoms with Gasteiger partial charge in [-0.05, 0) is 56.2 Å². The number of piperidine rings is 1. The number of carbonyl (C=O) groups excluding carboxylic acids is 1. The normalized spacial score (nSPS) is 26.1. The van der Waals surface area contributed by atoms with Crippen LogP contribution in [0.5, 0.6) is 11.5 Å². The van der Waals surface area contributed by atoms with Crippen LogP contribution in [0.3, 0.4) is 0 Å². The van der Waals surface area contributed by atoms with Gasteiger partial charge in [-0.25, -0.2) is 0 Å². The van der Waals surface area contributed by atoms with Crippen molar-refractivity contribution in [2.24, 2.45) is 11.8 Å². The second-order valence-corrected chi connectivity index (χ2v) is 7.97. The fraction of sp³-hybridized carbons (Fsp3) is 0.667. The molecular weight excluding hydrogens is 328 g/mol. The molecule has 4 fully saturated rings. The van der Waals surface area contributed by atoms with E-state index in [0.717, 1.165) is 56.4 Å². The number of benzene rings is 1. The number of ether oxygens (including phenoxy) is 2. The number of hydrogen-bond donors (Lipinski definition) is 0. The molecule has 5 heteroatoms. The molecule has 4 aliphatic rings. The topological polar surface area (TPSA) is 42.0 Å². The van der Waals surface area contributed by atoms with E-state index in [1.165, 1.54) is 18.4 Å². The van der Waals surface area contributed by atoms with Gasteiger partial charge in [-0.15, -0.1) is 0 Å². The zero-order valence-corrected chi connectivity index (χ0v) is 15.9. The third kappa shape index (κ3) is 3.68. The Labute approximate surface area is 156 Å². The average molecular weight is 358 g/mol. The van der Waals surface area contributed by atoms with E-state index in [1.54, 1.807) is 7.11 Å². The first-order valence-corrected chi connectivity index (χ1v) is 10.0. The molecule has 1 aliphatic carbocycles. The van der Waals surface area contributed by atoms with Gasteiger partial charge in [0, 0.05) is 32.2 Å². The summed E-state index contributed by atoms with van der Waals surface area (Å²) in [5.74, 6) is 2.92. The lowest BCUT2D eigenvalue weighted by atomic mass is 9.94. The highest BCUT2D eigenvalue weighted by Crippen LogP contribution is 2.36. The summed E-state index contributed by atoms with van der Waals surface area (Å²) in [6.45, 7) is 6.33. The van der Waals surface area contributed by atoms with Gasteiger partial charge in [-0.2, -0.15) is 0 Å². The highest BCUT2D eigenvalue weighted by molar-refractivity contribution is 5.80. The molecule has 1 amide bonds. The standard InChI is InChI=1S/C21H30N2O3/c1-3-26-20-10-16(6-9-19(20)25-2)11-22-13-17-7-8-18(14-22)23(21(17)24)12-15-4-5-15/h6,9-10,15,17-18H,3-5,7-8,11-14H2,1-2H3/t17-,18+/m1/s1. The lowest BCUT2D eigenvalue weighted by molar-refractivity contribution is -0.140. The minimum Gasteiger partial charge on any atom is -0.493 e. The van der Waals surface area contributed by atoms with Crippen molar-refractivity contribution < 1.29 is 14.3 Å². The molecule has 3 aliphatic heterocycles. The number of hydrogen-bond acceptors (Lipinski definition) is 4. The predicted molar refractivity (Wildman–Crippen MR) is 100 cm³/mol. The van der Waals surface area contributed by atoms with Gasteiger partial charge in [-0.3, -0.25) is 9.69 Å². The molecule has 0 unspecified atom stereocenters. The van der Waals surface area contributed by atoms with Gasteiger partial charge in [0.2, 0.25) is 5.91 Å². The second kappa shape index (κ2) is 7.47. The summed E-state index contributed by atoms with van der Waals surface area (Å²) in [6, 6.07) is 6.57. The van der Waals surface area contributed by atoms with E-state index in [9.17, 15) is 4.79 Å². The van der Waals surface area contributed by atoms with Crippen molar-refractivity contribution in [3.63, 3.8) is 0 Å². The summed E-state index contributed by atoms with van der Waals surface area (Å²) in [4.78, 5) is 17.5. The molecule has 26 heavy (non-hydrogen) atoms. The Kier molecular flexibility index (Phi) is 5.07. The molecule has 2 bridgehead atoms. The highest BCUT2D eigenvalue weighted by Gasteiger charge is 2.42. The van der Waals surface area contributed by atoms with Gasteiger partial charge in [0.1, 0.15) is 0 Å². The molecule has 0 aromatic heterocycles. The van der Waals surface area contributed by atoms with Crippen molar-refractivity contribution in [1.82, 2.24) is 9.80 Å². The smallest absolute Gasteiger partial charge is 0.227 e. The van der Waals surface area contributed by atoms with Crippen LogP contribution < -0.4 is 9.47 Å². The van der Waals surface area contributed by atoms with Crippen LogP contribution in [0.25, 0.3) is 0 Å². The van der Waals surface area contributed by atoms with E-state index in [-0.39, 0.29) is 5.92 Å². The van der Waals surface area contributed by atoms with E-state index in [0.29, 0.717) is 18.6 Å². The Morgan fingerprint density at radius 2 is 1.96 bits per heavy atom. The van der Waals surface area contributed by atoms with Gasteiger partial charge in [0.15, 0.2) is 11.5 Å². The Bertz CT molecular complexity index is 659. The third-order valence-corrected chi connectivity index (χ3v) is 5.95. The molecule has 142 valence electrons. The number of nitrogens with zero attached hydrogens (tertiary/aromatic N) is 2. The van der Waals surface area contributed by atoms with Crippen LogP contribution in [-0.2, 0) is 11.3 Å². The fourth-order valence-corrected chi connectivity index (χ4v) is 4.42. The predicted octanol–water partition coefficient (Wildman–Crippen LogP) is 2.93. The first-order valence-electron chi connectivity index (χ1n) is 10.0. The van der Waals surface area contributed by atoms with Crippen LogP contribution in [0.1, 0.15) is 38.2 Å². The number of fused-ring (bicyclic) bond motifs is 4. The van der Waals surface area contributed by atoms with Crippen molar-refractivity contribution >= 4 is 5.91 Å². The number of rotatable bonds is 7. The van der Waals surface area contributed by atoms with Crippen molar-refractivity contribution in [3.8, 4) is 11.5 Å². The number of amides is 1. The minimum absolute atomic E-state index is 0.178. The molecule has 2 atom stereocenters. The third-order valence-electron chi connectivity index (χ3n) is 5.95. The summed E-state index contributed by atoms with van der Waals surface area (Å²) >= 11 is 0. The summed E-state index contributed by atoms with van der Waals surface area (Å²) in [5, 5.41) is 0. The molecule has 3 saturated heterocycles.